The van der Waals surface area contributed by atoms with Crippen molar-refractivity contribution < 1.29 is 9.53 Å². The summed E-state index contributed by atoms with van der Waals surface area (Å²) in [5, 5.41) is 0. The zero-order valence-electron chi connectivity index (χ0n) is 10.4. The number of aryl methyl sites for hydroxylation is 1. The number of carbonyl (C=O) groups excluding carboxylic acids is 1. The van der Waals surface area contributed by atoms with Crippen LogP contribution in [-0.2, 0) is 0 Å². The van der Waals surface area contributed by atoms with Crippen molar-refractivity contribution >= 4 is 5.78 Å². The summed E-state index contributed by atoms with van der Waals surface area (Å²) < 4.78 is 5.36. The van der Waals surface area contributed by atoms with Crippen LogP contribution in [0.25, 0.3) is 0 Å². The van der Waals surface area contributed by atoms with E-state index in [0.29, 0.717) is 17.9 Å². The minimum absolute atomic E-state index is 0.198. The monoisotopic (exact) mass is 242 g/mol. The van der Waals surface area contributed by atoms with E-state index in [1.807, 2.05) is 19.9 Å². The quantitative estimate of drug-likeness (QED) is 0.772. The molecule has 18 heavy (non-hydrogen) atoms. The average Bonchev–Trinajstić information content (AvgIpc) is 2.39. The van der Waals surface area contributed by atoms with Crippen LogP contribution in [0.3, 0.4) is 0 Å². The van der Waals surface area contributed by atoms with Crippen LogP contribution >= 0.6 is 0 Å². The van der Waals surface area contributed by atoms with E-state index in [0.717, 1.165) is 5.56 Å². The predicted octanol–water partition coefficient (Wildman–Crippen LogP) is 2.41. The maximum absolute atomic E-state index is 12.1. The van der Waals surface area contributed by atoms with Crippen molar-refractivity contribution in [1.29, 1.82) is 0 Å². The van der Waals surface area contributed by atoms with E-state index in [9.17, 15) is 4.79 Å². The van der Waals surface area contributed by atoms with Gasteiger partial charge < -0.3 is 4.74 Å². The molecule has 2 aromatic rings. The summed E-state index contributed by atoms with van der Waals surface area (Å²) in [5.74, 6) is 0.682. The molecule has 0 amide bonds. The lowest BCUT2D eigenvalue weighted by atomic mass is 10.1. The van der Waals surface area contributed by atoms with Gasteiger partial charge in [-0.3, -0.25) is 4.79 Å². The van der Waals surface area contributed by atoms with Crippen LogP contribution in [0.5, 0.6) is 5.75 Å². The number of carbonyl (C=O) groups is 1. The summed E-state index contributed by atoms with van der Waals surface area (Å²) in [5.41, 5.74) is 1.46. The van der Waals surface area contributed by atoms with Gasteiger partial charge in [-0.1, -0.05) is 12.1 Å². The molecule has 0 saturated carbocycles. The molecule has 4 nitrogen and oxygen atoms in total. The second kappa shape index (κ2) is 5.40. The van der Waals surface area contributed by atoms with Crippen molar-refractivity contribution in [2.24, 2.45) is 0 Å². The predicted molar refractivity (Wildman–Crippen MR) is 67.8 cm³/mol. The van der Waals surface area contributed by atoms with Gasteiger partial charge >= 0.3 is 0 Å². The average molecular weight is 242 g/mol. The fourth-order valence-electron chi connectivity index (χ4n) is 1.53. The molecule has 4 heteroatoms. The van der Waals surface area contributed by atoms with E-state index in [1.54, 1.807) is 30.6 Å². The molecule has 1 heterocycles. The van der Waals surface area contributed by atoms with Crippen molar-refractivity contribution in [1.82, 2.24) is 9.97 Å². The fourth-order valence-corrected chi connectivity index (χ4v) is 1.53. The molecular formula is C14H14N2O2. The third-order valence-corrected chi connectivity index (χ3v) is 2.39. The van der Waals surface area contributed by atoms with Gasteiger partial charge in [-0.15, -0.1) is 0 Å². The number of hydrogen-bond donors (Lipinski definition) is 0. The molecular weight excluding hydrogens is 228 g/mol. The van der Waals surface area contributed by atoms with Gasteiger partial charge in [0.2, 0.25) is 11.6 Å². The molecule has 92 valence electrons. The Morgan fingerprint density at radius 2 is 2.00 bits per heavy atom. The van der Waals surface area contributed by atoms with Crippen LogP contribution in [-0.4, -0.2) is 22.4 Å². The molecule has 1 aromatic carbocycles. The van der Waals surface area contributed by atoms with Gasteiger partial charge in [0.05, 0.1) is 6.61 Å². The fraction of sp³-hybridized carbons (Fsp3) is 0.214. The summed E-state index contributed by atoms with van der Waals surface area (Å²) in [6, 6.07) is 7.03. The van der Waals surface area contributed by atoms with Gasteiger partial charge in [0.25, 0.3) is 0 Å². The van der Waals surface area contributed by atoms with Crippen molar-refractivity contribution in [3.8, 4) is 5.75 Å². The third-order valence-electron chi connectivity index (χ3n) is 2.39. The Labute approximate surface area is 106 Å². The SMILES string of the molecule is CCOc1cccc(C(=O)c2ncc(C)cn2)c1. The number of ether oxygens (including phenoxy) is 1. The molecule has 0 aliphatic carbocycles. The molecule has 0 fully saturated rings. The Balaban J connectivity index is 2.28. The molecule has 0 N–H and O–H groups in total. The van der Waals surface area contributed by atoms with E-state index >= 15 is 0 Å². The number of aromatic nitrogens is 2. The Hall–Kier alpha value is -2.23. The number of nitrogens with zero attached hydrogens (tertiary/aromatic N) is 2. The highest BCUT2D eigenvalue weighted by atomic mass is 16.5. The van der Waals surface area contributed by atoms with Gasteiger partial charge in [0, 0.05) is 18.0 Å². The highest BCUT2D eigenvalue weighted by molar-refractivity contribution is 6.06. The van der Waals surface area contributed by atoms with Crippen LogP contribution in [0.2, 0.25) is 0 Å². The zero-order valence-corrected chi connectivity index (χ0v) is 10.4. The summed E-state index contributed by atoms with van der Waals surface area (Å²) in [7, 11) is 0. The number of benzene rings is 1. The van der Waals surface area contributed by atoms with Gasteiger partial charge in [-0.25, -0.2) is 9.97 Å². The highest BCUT2D eigenvalue weighted by Gasteiger charge is 2.12. The normalized spacial score (nSPS) is 10.1. The third kappa shape index (κ3) is 2.71. The van der Waals surface area contributed by atoms with Crippen LogP contribution in [0, 0.1) is 6.92 Å². The van der Waals surface area contributed by atoms with Crippen molar-refractivity contribution in [3.63, 3.8) is 0 Å². The summed E-state index contributed by atoms with van der Waals surface area (Å²) in [6.45, 7) is 4.35. The number of rotatable bonds is 4. The van der Waals surface area contributed by atoms with Crippen LogP contribution in [0.1, 0.15) is 28.7 Å². The Bertz CT molecular complexity index is 550. The number of hydrogen-bond acceptors (Lipinski definition) is 4. The van der Waals surface area contributed by atoms with Gasteiger partial charge in [0.15, 0.2) is 0 Å². The Morgan fingerprint density at radius 1 is 1.28 bits per heavy atom. The molecule has 0 atom stereocenters. The molecule has 0 bridgehead atoms. The van der Waals surface area contributed by atoms with Crippen LogP contribution in [0.4, 0.5) is 0 Å². The van der Waals surface area contributed by atoms with Gasteiger partial charge in [-0.05, 0) is 31.5 Å². The zero-order chi connectivity index (χ0) is 13.0. The summed E-state index contributed by atoms with van der Waals surface area (Å²) in [4.78, 5) is 20.2. The van der Waals surface area contributed by atoms with E-state index in [-0.39, 0.29) is 11.6 Å². The van der Waals surface area contributed by atoms with E-state index in [2.05, 4.69) is 9.97 Å². The second-order valence-electron chi connectivity index (χ2n) is 3.87. The standard InChI is InChI=1S/C14H14N2O2/c1-3-18-12-6-4-5-11(7-12)13(17)14-15-8-10(2)9-16-14/h4-9H,3H2,1-2H3. The molecule has 0 aliphatic heterocycles. The lowest BCUT2D eigenvalue weighted by Gasteiger charge is -2.04. The highest BCUT2D eigenvalue weighted by Crippen LogP contribution is 2.15. The first-order chi connectivity index (χ1) is 8.70. The van der Waals surface area contributed by atoms with E-state index in [4.69, 9.17) is 4.74 Å². The van der Waals surface area contributed by atoms with E-state index in [1.165, 1.54) is 0 Å². The molecule has 1 aromatic heterocycles. The first-order valence-electron chi connectivity index (χ1n) is 5.77. The maximum Gasteiger partial charge on any atom is 0.230 e. The maximum atomic E-state index is 12.1. The Morgan fingerprint density at radius 3 is 2.67 bits per heavy atom. The van der Waals surface area contributed by atoms with Gasteiger partial charge in [0.1, 0.15) is 5.75 Å². The van der Waals surface area contributed by atoms with E-state index < -0.39 is 0 Å². The largest absolute Gasteiger partial charge is 0.494 e. The van der Waals surface area contributed by atoms with Crippen molar-refractivity contribution in [2.45, 2.75) is 13.8 Å². The molecule has 0 spiro atoms. The van der Waals surface area contributed by atoms with Crippen molar-refractivity contribution in [3.05, 3.63) is 53.6 Å². The lowest BCUT2D eigenvalue weighted by Crippen LogP contribution is -2.07. The Kier molecular flexibility index (Phi) is 3.67. The van der Waals surface area contributed by atoms with Crippen LogP contribution in [0.15, 0.2) is 36.7 Å². The second-order valence-corrected chi connectivity index (χ2v) is 3.87. The molecule has 0 saturated heterocycles. The van der Waals surface area contributed by atoms with Crippen molar-refractivity contribution in [2.75, 3.05) is 6.61 Å². The summed E-state index contributed by atoms with van der Waals surface area (Å²) >= 11 is 0. The molecule has 0 radical (unpaired) electrons. The first-order valence-corrected chi connectivity index (χ1v) is 5.77. The van der Waals surface area contributed by atoms with Crippen LogP contribution < -0.4 is 4.74 Å². The summed E-state index contributed by atoms with van der Waals surface area (Å²) in [6.07, 6.45) is 3.26. The molecule has 2 rings (SSSR count). The lowest BCUT2D eigenvalue weighted by molar-refractivity contribution is 0.102. The number of ketones is 1. The molecule has 0 unspecified atom stereocenters. The van der Waals surface area contributed by atoms with Gasteiger partial charge in [-0.2, -0.15) is 0 Å². The smallest absolute Gasteiger partial charge is 0.230 e. The topological polar surface area (TPSA) is 52.1 Å². The minimum Gasteiger partial charge on any atom is -0.494 e. The first kappa shape index (κ1) is 12.2. The molecule has 0 aliphatic rings. The minimum atomic E-state index is -0.198.